The maximum Gasteiger partial charge on any atom is 0.0362 e. The fourth-order valence-electron chi connectivity index (χ4n) is 5.02. The molecule has 0 amide bonds. The van der Waals surface area contributed by atoms with E-state index in [1.54, 1.807) is 0 Å². The smallest absolute Gasteiger partial charge is 0.0362 e. The number of hydrogen-bond acceptors (Lipinski definition) is 3. The topological polar surface area (TPSA) is 0 Å². The van der Waals surface area contributed by atoms with Crippen molar-refractivity contribution in [3.8, 4) is 0 Å². The molecule has 3 heterocycles. The molecule has 3 aromatic heterocycles. The van der Waals surface area contributed by atoms with E-state index in [2.05, 4.69) is 97.1 Å². The number of rotatable bonds is 6. The lowest BCUT2D eigenvalue weighted by Gasteiger charge is -1.98. The van der Waals surface area contributed by atoms with Crippen molar-refractivity contribution in [1.29, 1.82) is 0 Å². The fraction of sp³-hybridized carbons (Fsp3) is 0.125. The van der Waals surface area contributed by atoms with E-state index in [1.807, 2.05) is 34.0 Å². The number of hydrogen-bond donors (Lipinski definition) is 0. The number of thiophene rings is 3. The van der Waals surface area contributed by atoms with Crippen molar-refractivity contribution in [2.24, 2.45) is 0 Å². The van der Waals surface area contributed by atoms with E-state index in [9.17, 15) is 0 Å². The molecule has 0 N–H and O–H groups in total. The van der Waals surface area contributed by atoms with Crippen LogP contribution >= 0.6 is 34.0 Å². The molecule has 4 aromatic carbocycles. The van der Waals surface area contributed by atoms with Gasteiger partial charge < -0.3 is 0 Å². The summed E-state index contributed by atoms with van der Waals surface area (Å²) in [6, 6.07) is 36.2. The van der Waals surface area contributed by atoms with Crippen LogP contribution in [0.3, 0.4) is 0 Å². The van der Waals surface area contributed by atoms with Gasteiger partial charge in [0.15, 0.2) is 0 Å². The van der Waals surface area contributed by atoms with Gasteiger partial charge in [-0.15, -0.1) is 34.0 Å². The van der Waals surface area contributed by atoms with Crippen molar-refractivity contribution in [3.63, 3.8) is 0 Å². The Kier molecular flexibility index (Phi) is 5.42. The molecule has 170 valence electrons. The normalized spacial score (nSPS) is 11.9. The summed E-state index contributed by atoms with van der Waals surface area (Å²) < 4.78 is 5.63. The monoisotopic (exact) mass is 504 g/mol. The number of fused-ring (bicyclic) bond motifs is 5. The average Bonchev–Trinajstić information content (AvgIpc) is 3.58. The molecule has 0 atom stereocenters. The summed E-state index contributed by atoms with van der Waals surface area (Å²) in [7, 11) is 0. The zero-order valence-corrected chi connectivity index (χ0v) is 21.7. The first-order valence-corrected chi connectivity index (χ1v) is 14.6. The summed E-state index contributed by atoms with van der Waals surface area (Å²) in [5.41, 5.74) is 2.83. The Bertz CT molecular complexity index is 1650. The van der Waals surface area contributed by atoms with Gasteiger partial charge in [-0.2, -0.15) is 0 Å². The van der Waals surface area contributed by atoms with Crippen LogP contribution in [0.25, 0.3) is 40.3 Å². The predicted octanol–water partition coefficient (Wildman–Crippen LogP) is 10.1. The molecule has 7 rings (SSSR count). The van der Waals surface area contributed by atoms with Crippen LogP contribution in [0.5, 0.6) is 0 Å². The van der Waals surface area contributed by atoms with Gasteiger partial charge in [0.25, 0.3) is 0 Å². The SMILES string of the molecule is c1ccc(CCc2cc3cc4sc5cc6cc(CCc7ccccc7)sc6cc5c4cc3s2)cc1. The Morgan fingerprint density at radius 2 is 0.857 bits per heavy atom. The summed E-state index contributed by atoms with van der Waals surface area (Å²) in [6.45, 7) is 0. The second-order valence-corrected chi connectivity index (χ2v) is 12.7. The lowest BCUT2D eigenvalue weighted by molar-refractivity contribution is 0.982. The highest BCUT2D eigenvalue weighted by atomic mass is 32.1. The van der Waals surface area contributed by atoms with Crippen LogP contribution in [-0.4, -0.2) is 0 Å². The van der Waals surface area contributed by atoms with E-state index < -0.39 is 0 Å². The molecular weight excluding hydrogens is 481 g/mol. The maximum absolute atomic E-state index is 2.44. The second-order valence-electron chi connectivity index (χ2n) is 9.27. The summed E-state index contributed by atoms with van der Waals surface area (Å²) in [6.07, 6.45) is 4.43. The van der Waals surface area contributed by atoms with Gasteiger partial charge in [0, 0.05) is 39.3 Å². The standard InChI is InChI=1S/C32H24S3/c1-3-7-21(8-4-1)11-13-25-15-23-17-31-27(19-29(23)33-25)28-20-30-24(18-32(28)35-31)16-26(34-30)14-12-22-9-5-2-6-10-22/h1-10,15-20H,11-14H2. The molecule has 0 saturated carbocycles. The van der Waals surface area contributed by atoms with Crippen molar-refractivity contribution >= 4 is 74.4 Å². The Morgan fingerprint density at radius 3 is 1.31 bits per heavy atom. The Labute approximate surface area is 217 Å². The van der Waals surface area contributed by atoms with E-state index >= 15 is 0 Å². The van der Waals surface area contributed by atoms with Gasteiger partial charge in [-0.05, 0) is 84.0 Å². The molecular formula is C32H24S3. The first-order chi connectivity index (χ1) is 17.3. The van der Waals surface area contributed by atoms with E-state index in [0.717, 1.165) is 25.7 Å². The summed E-state index contributed by atoms with van der Waals surface area (Å²) in [4.78, 5) is 2.96. The predicted molar refractivity (Wildman–Crippen MR) is 158 cm³/mol. The quantitative estimate of drug-likeness (QED) is 0.211. The van der Waals surface area contributed by atoms with Crippen molar-refractivity contribution in [2.75, 3.05) is 0 Å². The van der Waals surface area contributed by atoms with Crippen LogP contribution in [0.2, 0.25) is 0 Å². The minimum Gasteiger partial charge on any atom is -0.140 e. The third-order valence-electron chi connectivity index (χ3n) is 6.85. The molecule has 0 unspecified atom stereocenters. The van der Waals surface area contributed by atoms with Crippen LogP contribution in [0, 0.1) is 0 Å². The van der Waals surface area contributed by atoms with Gasteiger partial charge in [-0.1, -0.05) is 60.7 Å². The number of aryl methyl sites for hydroxylation is 4. The first kappa shape index (κ1) is 21.3. The van der Waals surface area contributed by atoms with Gasteiger partial charge in [-0.25, -0.2) is 0 Å². The lowest BCUT2D eigenvalue weighted by atomic mass is 10.1. The molecule has 7 aromatic rings. The Hall–Kier alpha value is -2.98. The number of benzene rings is 4. The molecule has 3 heteroatoms. The molecule has 0 nitrogen and oxygen atoms in total. The van der Waals surface area contributed by atoms with Crippen LogP contribution < -0.4 is 0 Å². The molecule has 0 spiro atoms. The third-order valence-corrected chi connectivity index (χ3v) is 10.3. The summed E-state index contributed by atoms with van der Waals surface area (Å²) >= 11 is 5.87. The summed E-state index contributed by atoms with van der Waals surface area (Å²) in [5, 5.41) is 5.61. The lowest BCUT2D eigenvalue weighted by Crippen LogP contribution is -1.87. The minimum atomic E-state index is 1.11. The van der Waals surface area contributed by atoms with Gasteiger partial charge in [0.05, 0.1) is 0 Å². The zero-order chi connectivity index (χ0) is 23.2. The molecule has 0 saturated heterocycles. The Balaban J connectivity index is 1.20. The van der Waals surface area contributed by atoms with Crippen LogP contribution in [0.15, 0.2) is 97.1 Å². The van der Waals surface area contributed by atoms with Crippen molar-refractivity contribution in [1.82, 2.24) is 0 Å². The minimum absolute atomic E-state index is 1.11. The van der Waals surface area contributed by atoms with Crippen LogP contribution in [-0.2, 0) is 25.7 Å². The maximum atomic E-state index is 2.44. The zero-order valence-electron chi connectivity index (χ0n) is 19.3. The molecule has 0 aliphatic rings. The van der Waals surface area contributed by atoms with E-state index in [0.29, 0.717) is 0 Å². The van der Waals surface area contributed by atoms with Crippen LogP contribution in [0.4, 0.5) is 0 Å². The van der Waals surface area contributed by atoms with E-state index in [4.69, 9.17) is 0 Å². The van der Waals surface area contributed by atoms with E-state index in [-0.39, 0.29) is 0 Å². The third kappa shape index (κ3) is 4.18. The highest BCUT2D eigenvalue weighted by molar-refractivity contribution is 7.26. The largest absolute Gasteiger partial charge is 0.140 e. The highest BCUT2D eigenvalue weighted by Gasteiger charge is 2.12. The van der Waals surface area contributed by atoms with Gasteiger partial charge in [0.1, 0.15) is 0 Å². The van der Waals surface area contributed by atoms with Gasteiger partial charge in [0.2, 0.25) is 0 Å². The molecule has 0 aliphatic carbocycles. The molecule has 0 bridgehead atoms. The first-order valence-electron chi connectivity index (χ1n) is 12.2. The highest BCUT2D eigenvalue weighted by Crippen LogP contribution is 2.42. The van der Waals surface area contributed by atoms with Crippen LogP contribution in [0.1, 0.15) is 20.9 Å². The fourth-order valence-corrected chi connectivity index (χ4v) is 8.36. The van der Waals surface area contributed by atoms with Gasteiger partial charge in [-0.3, -0.25) is 0 Å². The molecule has 0 fully saturated rings. The Morgan fingerprint density at radius 1 is 0.400 bits per heavy atom. The average molecular weight is 505 g/mol. The van der Waals surface area contributed by atoms with Gasteiger partial charge >= 0.3 is 0 Å². The molecule has 0 aliphatic heterocycles. The van der Waals surface area contributed by atoms with Crippen molar-refractivity contribution in [3.05, 3.63) is 118 Å². The second kappa shape index (κ2) is 8.91. The van der Waals surface area contributed by atoms with Crippen molar-refractivity contribution in [2.45, 2.75) is 25.7 Å². The van der Waals surface area contributed by atoms with E-state index in [1.165, 1.54) is 61.2 Å². The summed E-state index contributed by atoms with van der Waals surface area (Å²) in [5.74, 6) is 0. The molecule has 35 heavy (non-hydrogen) atoms. The van der Waals surface area contributed by atoms with Crippen molar-refractivity contribution < 1.29 is 0 Å². The molecule has 0 radical (unpaired) electrons.